The van der Waals surface area contributed by atoms with Gasteiger partial charge in [-0.3, -0.25) is 0 Å². The lowest BCUT2D eigenvalue weighted by atomic mass is 9.98. The van der Waals surface area contributed by atoms with Gasteiger partial charge in [0.25, 0.3) is 0 Å². The highest BCUT2D eigenvalue weighted by molar-refractivity contribution is 9.09. The van der Waals surface area contributed by atoms with Gasteiger partial charge in [-0.15, -0.1) is 0 Å². The number of hydrogen-bond donors (Lipinski definition) is 0. The molecular weight excluding hydrogens is 284 g/mol. The van der Waals surface area contributed by atoms with E-state index in [0.717, 1.165) is 12.8 Å². The molecule has 0 radical (unpaired) electrons. The number of aryl methyl sites for hydroxylation is 2. The molecule has 18 heavy (non-hydrogen) atoms. The van der Waals surface area contributed by atoms with Gasteiger partial charge in [0, 0.05) is 4.83 Å². The fraction of sp³-hybridized carbons (Fsp3) is 0.294. The topological polar surface area (TPSA) is 0 Å². The van der Waals surface area contributed by atoms with E-state index in [1.165, 1.54) is 22.3 Å². The van der Waals surface area contributed by atoms with Crippen molar-refractivity contribution in [2.24, 2.45) is 0 Å². The fourth-order valence-electron chi connectivity index (χ4n) is 2.32. The van der Waals surface area contributed by atoms with Crippen LogP contribution in [0.25, 0.3) is 0 Å². The zero-order chi connectivity index (χ0) is 13.0. The normalized spacial score (nSPS) is 12.4. The van der Waals surface area contributed by atoms with E-state index in [1.807, 2.05) is 0 Å². The summed E-state index contributed by atoms with van der Waals surface area (Å²) in [5.74, 6) is 0. The summed E-state index contributed by atoms with van der Waals surface area (Å²) in [5, 5.41) is 0. The second-order valence-corrected chi connectivity index (χ2v) is 5.82. The lowest BCUT2D eigenvalue weighted by Crippen LogP contribution is -1.99. The first-order valence-electron chi connectivity index (χ1n) is 6.48. The van der Waals surface area contributed by atoms with Crippen LogP contribution in [0.2, 0.25) is 0 Å². The maximum absolute atomic E-state index is 3.84. The molecule has 2 rings (SSSR count). The number of rotatable bonds is 4. The zero-order valence-corrected chi connectivity index (χ0v) is 12.6. The highest BCUT2D eigenvalue weighted by Gasteiger charge is 2.11. The Morgan fingerprint density at radius 3 is 2.56 bits per heavy atom. The summed E-state index contributed by atoms with van der Waals surface area (Å²) in [6.07, 6.45) is 2.13. The predicted molar refractivity (Wildman–Crippen MR) is 82.4 cm³/mol. The van der Waals surface area contributed by atoms with Gasteiger partial charge in [0.15, 0.2) is 0 Å². The van der Waals surface area contributed by atoms with Crippen LogP contribution < -0.4 is 0 Å². The van der Waals surface area contributed by atoms with E-state index >= 15 is 0 Å². The minimum Gasteiger partial charge on any atom is -0.0835 e. The second-order valence-electron chi connectivity index (χ2n) is 4.71. The standard InChI is InChI=1S/C17H19Br/c1-3-15-9-4-5-10-16(15)17(18)12-14-8-6-7-13(2)11-14/h4-11,17H,3,12H2,1-2H3. The number of halogens is 1. The van der Waals surface area contributed by atoms with Crippen LogP contribution in [-0.2, 0) is 12.8 Å². The first-order valence-corrected chi connectivity index (χ1v) is 7.39. The zero-order valence-electron chi connectivity index (χ0n) is 11.0. The Bertz CT molecular complexity index is 517. The van der Waals surface area contributed by atoms with Gasteiger partial charge in [-0.25, -0.2) is 0 Å². The van der Waals surface area contributed by atoms with Gasteiger partial charge in [0.1, 0.15) is 0 Å². The summed E-state index contributed by atoms with van der Waals surface area (Å²) in [6, 6.07) is 17.4. The second kappa shape index (κ2) is 6.19. The van der Waals surface area contributed by atoms with Crippen LogP contribution in [0.5, 0.6) is 0 Å². The molecule has 0 saturated carbocycles. The number of alkyl halides is 1. The number of benzene rings is 2. The lowest BCUT2D eigenvalue weighted by Gasteiger charge is -2.14. The molecule has 0 saturated heterocycles. The average Bonchev–Trinajstić information content (AvgIpc) is 2.38. The third-order valence-corrected chi connectivity index (χ3v) is 4.09. The van der Waals surface area contributed by atoms with E-state index < -0.39 is 0 Å². The highest BCUT2D eigenvalue weighted by atomic mass is 79.9. The van der Waals surface area contributed by atoms with Crippen LogP contribution in [-0.4, -0.2) is 0 Å². The first-order chi connectivity index (χ1) is 8.70. The fourth-order valence-corrected chi connectivity index (χ4v) is 3.14. The van der Waals surface area contributed by atoms with Crippen LogP contribution in [0.1, 0.15) is 34.0 Å². The minimum atomic E-state index is 0.399. The van der Waals surface area contributed by atoms with E-state index in [9.17, 15) is 0 Å². The largest absolute Gasteiger partial charge is 0.0835 e. The molecule has 0 aromatic heterocycles. The van der Waals surface area contributed by atoms with Gasteiger partial charge in [-0.1, -0.05) is 76.9 Å². The predicted octanol–water partition coefficient (Wildman–Crippen LogP) is 5.24. The third kappa shape index (κ3) is 3.23. The van der Waals surface area contributed by atoms with Crippen molar-refractivity contribution >= 4 is 15.9 Å². The summed E-state index contributed by atoms with van der Waals surface area (Å²) in [4.78, 5) is 0.399. The summed E-state index contributed by atoms with van der Waals surface area (Å²) in [7, 11) is 0. The molecular formula is C17H19Br. The van der Waals surface area contributed by atoms with E-state index in [2.05, 4.69) is 78.3 Å². The summed E-state index contributed by atoms with van der Waals surface area (Å²) in [6.45, 7) is 4.36. The van der Waals surface area contributed by atoms with Gasteiger partial charge in [-0.05, 0) is 36.5 Å². The SMILES string of the molecule is CCc1ccccc1C(Br)Cc1cccc(C)c1. The molecule has 1 unspecified atom stereocenters. The summed E-state index contributed by atoms with van der Waals surface area (Å²) >= 11 is 3.84. The van der Waals surface area contributed by atoms with Crippen molar-refractivity contribution in [1.29, 1.82) is 0 Å². The molecule has 0 nitrogen and oxygen atoms in total. The molecule has 0 spiro atoms. The van der Waals surface area contributed by atoms with Gasteiger partial charge in [-0.2, -0.15) is 0 Å². The van der Waals surface area contributed by atoms with E-state index in [1.54, 1.807) is 0 Å². The van der Waals surface area contributed by atoms with Crippen LogP contribution in [0.3, 0.4) is 0 Å². The van der Waals surface area contributed by atoms with Crippen LogP contribution in [0, 0.1) is 6.92 Å². The van der Waals surface area contributed by atoms with Crippen molar-refractivity contribution in [1.82, 2.24) is 0 Å². The molecule has 1 atom stereocenters. The van der Waals surface area contributed by atoms with Gasteiger partial charge < -0.3 is 0 Å². The van der Waals surface area contributed by atoms with E-state index in [-0.39, 0.29) is 0 Å². The Morgan fingerprint density at radius 2 is 1.83 bits per heavy atom. The molecule has 0 aliphatic heterocycles. The molecule has 0 bridgehead atoms. The molecule has 0 heterocycles. The smallest absolute Gasteiger partial charge is 0.0438 e. The van der Waals surface area contributed by atoms with E-state index in [4.69, 9.17) is 0 Å². The molecule has 1 heteroatoms. The monoisotopic (exact) mass is 302 g/mol. The van der Waals surface area contributed by atoms with Crippen molar-refractivity contribution in [3.8, 4) is 0 Å². The van der Waals surface area contributed by atoms with Gasteiger partial charge in [0.2, 0.25) is 0 Å². The Morgan fingerprint density at radius 1 is 1.06 bits per heavy atom. The molecule has 2 aromatic carbocycles. The minimum absolute atomic E-state index is 0.399. The molecule has 94 valence electrons. The lowest BCUT2D eigenvalue weighted by molar-refractivity contribution is 0.920. The molecule has 0 amide bonds. The maximum atomic E-state index is 3.84. The van der Waals surface area contributed by atoms with Crippen LogP contribution in [0.4, 0.5) is 0 Å². The average molecular weight is 303 g/mol. The van der Waals surface area contributed by atoms with Crippen molar-refractivity contribution in [2.75, 3.05) is 0 Å². The quantitative estimate of drug-likeness (QED) is 0.678. The molecule has 2 aromatic rings. The third-order valence-electron chi connectivity index (χ3n) is 3.27. The first kappa shape index (κ1) is 13.4. The van der Waals surface area contributed by atoms with Crippen LogP contribution in [0.15, 0.2) is 48.5 Å². The molecule has 0 fully saturated rings. The molecule has 0 aliphatic carbocycles. The Hall–Kier alpha value is -1.08. The van der Waals surface area contributed by atoms with Crippen LogP contribution >= 0.6 is 15.9 Å². The van der Waals surface area contributed by atoms with Gasteiger partial charge in [0.05, 0.1) is 0 Å². The van der Waals surface area contributed by atoms with Crippen molar-refractivity contribution in [3.05, 3.63) is 70.8 Å². The summed E-state index contributed by atoms with van der Waals surface area (Å²) < 4.78 is 0. The van der Waals surface area contributed by atoms with Gasteiger partial charge >= 0.3 is 0 Å². The van der Waals surface area contributed by atoms with Crippen molar-refractivity contribution in [2.45, 2.75) is 31.5 Å². The Labute approximate surface area is 118 Å². The van der Waals surface area contributed by atoms with Crippen molar-refractivity contribution in [3.63, 3.8) is 0 Å². The highest BCUT2D eigenvalue weighted by Crippen LogP contribution is 2.30. The van der Waals surface area contributed by atoms with E-state index in [0.29, 0.717) is 4.83 Å². The number of hydrogen-bond acceptors (Lipinski definition) is 0. The Kier molecular flexibility index (Phi) is 4.60. The molecule has 0 aliphatic rings. The Balaban J connectivity index is 2.19. The summed E-state index contributed by atoms with van der Waals surface area (Å²) in [5.41, 5.74) is 5.58. The molecule has 0 N–H and O–H groups in total. The maximum Gasteiger partial charge on any atom is 0.0438 e. The van der Waals surface area contributed by atoms with Crippen molar-refractivity contribution < 1.29 is 0 Å².